The Labute approximate surface area is 80.1 Å². The van der Waals surface area contributed by atoms with Crippen LogP contribution < -0.4 is 0 Å². The van der Waals surface area contributed by atoms with E-state index in [4.69, 9.17) is 5.26 Å². The van der Waals surface area contributed by atoms with E-state index in [0.717, 1.165) is 4.90 Å². The van der Waals surface area contributed by atoms with Crippen LogP contribution in [-0.2, 0) is 4.79 Å². The predicted molar refractivity (Wildman–Crippen MR) is 43.1 cm³/mol. The average Bonchev–Trinajstić information content (AvgIpc) is 2.10. The minimum absolute atomic E-state index is 0.605. The number of nitrogens with zero attached hydrogens (tertiary/aromatic N) is 2. The van der Waals surface area contributed by atoms with Crippen LogP contribution in [0.1, 0.15) is 19.8 Å². The Bertz CT molecular complexity index is 244. The first kappa shape index (κ1) is 12.8. The lowest BCUT2D eigenvalue weighted by molar-refractivity contribution is -0.148. The zero-order valence-corrected chi connectivity index (χ0v) is 7.93. The summed E-state index contributed by atoms with van der Waals surface area (Å²) in [7, 11) is 1.31. The second-order valence-corrected chi connectivity index (χ2v) is 2.92. The first-order valence-electron chi connectivity index (χ1n) is 4.00. The quantitative estimate of drug-likeness (QED) is 0.708. The van der Waals surface area contributed by atoms with Crippen molar-refractivity contribution >= 4 is 5.91 Å². The van der Waals surface area contributed by atoms with Gasteiger partial charge in [-0.05, 0) is 6.92 Å². The summed E-state index contributed by atoms with van der Waals surface area (Å²) in [5.74, 6) is -0.670. The number of carbonyl (C=O) groups is 1. The molecule has 0 fully saturated rings. The zero-order chi connectivity index (χ0) is 11.4. The summed E-state index contributed by atoms with van der Waals surface area (Å²) >= 11 is 0. The Hall–Kier alpha value is -1.25. The molecule has 0 N–H and O–H groups in total. The fourth-order valence-corrected chi connectivity index (χ4v) is 0.728. The van der Waals surface area contributed by atoms with Crippen LogP contribution in [-0.4, -0.2) is 30.1 Å². The molecule has 1 atom stereocenters. The van der Waals surface area contributed by atoms with Gasteiger partial charge in [-0.15, -0.1) is 0 Å². The van der Waals surface area contributed by atoms with Gasteiger partial charge in [-0.2, -0.15) is 18.4 Å². The van der Waals surface area contributed by atoms with E-state index in [1.54, 1.807) is 6.07 Å². The normalized spacial score (nSPS) is 13.1. The van der Waals surface area contributed by atoms with Gasteiger partial charge in [-0.3, -0.25) is 4.79 Å². The molecule has 0 aliphatic carbocycles. The second-order valence-electron chi connectivity index (χ2n) is 2.92. The maximum absolute atomic E-state index is 11.7. The minimum Gasteiger partial charge on any atom is -0.330 e. The molecule has 14 heavy (non-hydrogen) atoms. The van der Waals surface area contributed by atoms with E-state index in [1.165, 1.54) is 14.0 Å². The van der Waals surface area contributed by atoms with Gasteiger partial charge in [0.1, 0.15) is 6.04 Å². The van der Waals surface area contributed by atoms with Crippen LogP contribution in [0.2, 0.25) is 0 Å². The zero-order valence-electron chi connectivity index (χ0n) is 7.93. The molecule has 0 bridgehead atoms. The standard InChI is InChI=1S/C8H11F3N2O/c1-6(5-12)13(2)7(14)3-4-8(9,10)11/h6H,3-4H2,1-2H3. The Morgan fingerprint density at radius 3 is 2.43 bits per heavy atom. The molecule has 0 rings (SSSR count). The number of amides is 1. The van der Waals surface area contributed by atoms with Gasteiger partial charge in [0.15, 0.2) is 0 Å². The summed E-state index contributed by atoms with van der Waals surface area (Å²) in [6.07, 6.45) is -6.08. The summed E-state index contributed by atoms with van der Waals surface area (Å²) < 4.78 is 35.2. The molecular weight excluding hydrogens is 197 g/mol. The topological polar surface area (TPSA) is 44.1 Å². The van der Waals surface area contributed by atoms with Crippen molar-refractivity contribution in [2.24, 2.45) is 0 Å². The molecule has 0 aliphatic rings. The van der Waals surface area contributed by atoms with Crippen LogP contribution in [0.4, 0.5) is 13.2 Å². The molecule has 6 heteroatoms. The van der Waals surface area contributed by atoms with Crippen molar-refractivity contribution in [2.75, 3.05) is 7.05 Å². The van der Waals surface area contributed by atoms with Crippen molar-refractivity contribution in [3.63, 3.8) is 0 Å². The van der Waals surface area contributed by atoms with Gasteiger partial charge in [0, 0.05) is 13.5 Å². The van der Waals surface area contributed by atoms with Crippen LogP contribution in [0, 0.1) is 11.3 Å². The molecule has 0 heterocycles. The third kappa shape index (κ3) is 4.70. The lowest BCUT2D eigenvalue weighted by Crippen LogP contribution is -2.34. The minimum atomic E-state index is -4.33. The van der Waals surface area contributed by atoms with E-state index in [-0.39, 0.29) is 0 Å². The van der Waals surface area contributed by atoms with Gasteiger partial charge in [-0.1, -0.05) is 0 Å². The molecule has 0 saturated carbocycles. The first-order chi connectivity index (χ1) is 6.28. The Balaban J connectivity index is 4.05. The van der Waals surface area contributed by atoms with Crippen LogP contribution >= 0.6 is 0 Å². The summed E-state index contributed by atoms with van der Waals surface area (Å²) in [5.41, 5.74) is 0. The van der Waals surface area contributed by atoms with Crippen molar-refractivity contribution in [3.05, 3.63) is 0 Å². The third-order valence-corrected chi connectivity index (χ3v) is 1.78. The summed E-state index contributed by atoms with van der Waals surface area (Å²) in [6.45, 7) is 1.45. The molecule has 0 aromatic carbocycles. The number of halogens is 3. The van der Waals surface area contributed by atoms with Crippen molar-refractivity contribution in [2.45, 2.75) is 32.0 Å². The van der Waals surface area contributed by atoms with Crippen LogP contribution in [0.25, 0.3) is 0 Å². The highest BCUT2D eigenvalue weighted by molar-refractivity contribution is 5.76. The van der Waals surface area contributed by atoms with Gasteiger partial charge >= 0.3 is 6.18 Å². The van der Waals surface area contributed by atoms with E-state index in [2.05, 4.69) is 0 Å². The maximum atomic E-state index is 11.7. The second kappa shape index (κ2) is 4.84. The Kier molecular flexibility index (Phi) is 4.41. The Morgan fingerprint density at radius 2 is 2.07 bits per heavy atom. The molecule has 1 amide bonds. The van der Waals surface area contributed by atoms with Crippen LogP contribution in [0.5, 0.6) is 0 Å². The molecule has 0 aliphatic heterocycles. The van der Waals surface area contributed by atoms with Gasteiger partial charge in [0.25, 0.3) is 0 Å². The average molecular weight is 208 g/mol. The van der Waals surface area contributed by atoms with Gasteiger partial charge < -0.3 is 4.90 Å². The highest BCUT2D eigenvalue weighted by Gasteiger charge is 2.29. The highest BCUT2D eigenvalue weighted by Crippen LogP contribution is 2.21. The van der Waals surface area contributed by atoms with Gasteiger partial charge in [0.05, 0.1) is 12.5 Å². The van der Waals surface area contributed by atoms with Gasteiger partial charge in [0.2, 0.25) is 5.91 Å². The molecule has 0 aromatic heterocycles. The number of hydrogen-bond donors (Lipinski definition) is 0. The van der Waals surface area contributed by atoms with E-state index in [1.807, 2.05) is 0 Å². The molecule has 0 spiro atoms. The smallest absolute Gasteiger partial charge is 0.330 e. The SMILES string of the molecule is CC(C#N)N(C)C(=O)CCC(F)(F)F. The van der Waals surface area contributed by atoms with E-state index >= 15 is 0 Å². The predicted octanol–water partition coefficient (Wildman–Crippen LogP) is 1.70. The molecule has 0 saturated heterocycles. The van der Waals surface area contributed by atoms with Crippen molar-refractivity contribution in [3.8, 4) is 6.07 Å². The van der Waals surface area contributed by atoms with Crippen LogP contribution in [0.15, 0.2) is 0 Å². The summed E-state index contributed by atoms with van der Waals surface area (Å²) in [5, 5.41) is 8.42. The summed E-state index contributed by atoms with van der Waals surface area (Å²) in [6, 6.07) is 1.07. The van der Waals surface area contributed by atoms with Crippen molar-refractivity contribution < 1.29 is 18.0 Å². The van der Waals surface area contributed by atoms with Gasteiger partial charge in [-0.25, -0.2) is 0 Å². The van der Waals surface area contributed by atoms with Crippen molar-refractivity contribution in [1.82, 2.24) is 4.90 Å². The molecule has 1 unspecified atom stereocenters. The molecule has 0 aromatic rings. The number of alkyl halides is 3. The number of rotatable bonds is 3. The van der Waals surface area contributed by atoms with E-state index in [9.17, 15) is 18.0 Å². The number of carbonyl (C=O) groups excluding carboxylic acids is 1. The number of nitriles is 1. The third-order valence-electron chi connectivity index (χ3n) is 1.78. The molecular formula is C8H11F3N2O. The molecule has 80 valence electrons. The van der Waals surface area contributed by atoms with E-state index < -0.39 is 31.0 Å². The Morgan fingerprint density at radius 1 is 1.57 bits per heavy atom. The first-order valence-corrected chi connectivity index (χ1v) is 4.00. The lowest BCUT2D eigenvalue weighted by Gasteiger charge is -2.19. The largest absolute Gasteiger partial charge is 0.389 e. The fraction of sp³-hybridized carbons (Fsp3) is 0.750. The van der Waals surface area contributed by atoms with Crippen LogP contribution in [0.3, 0.4) is 0 Å². The van der Waals surface area contributed by atoms with Crippen molar-refractivity contribution in [1.29, 1.82) is 5.26 Å². The monoisotopic (exact) mass is 208 g/mol. The lowest BCUT2D eigenvalue weighted by atomic mass is 10.2. The maximum Gasteiger partial charge on any atom is 0.389 e. The van der Waals surface area contributed by atoms with E-state index in [0.29, 0.717) is 0 Å². The highest BCUT2D eigenvalue weighted by atomic mass is 19.4. The number of hydrogen-bond acceptors (Lipinski definition) is 2. The summed E-state index contributed by atoms with van der Waals surface area (Å²) in [4.78, 5) is 12.1. The fourth-order valence-electron chi connectivity index (χ4n) is 0.728. The molecule has 0 radical (unpaired) electrons. The molecule has 3 nitrogen and oxygen atoms in total.